The maximum Gasteiger partial charge on any atom is 0.168 e. The predicted octanol–water partition coefficient (Wildman–Crippen LogP) is 2.16. The molecule has 0 aromatic rings. The van der Waals surface area contributed by atoms with Gasteiger partial charge >= 0.3 is 0 Å². The largest absolute Gasteiger partial charge is 0.347 e. The standard InChI is InChI=1S/C13H23NO2/c1-4-8-14(9-5-1)10-12-11-15-13(16-12)6-2-3-7-13/h12H,1-11H2. The zero-order valence-electron chi connectivity index (χ0n) is 10.1. The van der Waals surface area contributed by atoms with Gasteiger partial charge in [0, 0.05) is 19.4 Å². The highest BCUT2D eigenvalue weighted by Gasteiger charge is 2.43. The Labute approximate surface area is 98.1 Å². The van der Waals surface area contributed by atoms with Crippen molar-refractivity contribution in [2.75, 3.05) is 26.2 Å². The Hall–Kier alpha value is -0.120. The fraction of sp³-hybridized carbons (Fsp3) is 1.00. The van der Waals surface area contributed by atoms with Crippen LogP contribution in [0.5, 0.6) is 0 Å². The van der Waals surface area contributed by atoms with E-state index in [1.165, 1.54) is 45.2 Å². The molecule has 0 N–H and O–H groups in total. The van der Waals surface area contributed by atoms with E-state index in [1.807, 2.05) is 0 Å². The maximum atomic E-state index is 6.15. The molecule has 3 fully saturated rings. The lowest BCUT2D eigenvalue weighted by atomic mass is 10.1. The molecule has 3 heteroatoms. The molecule has 1 saturated carbocycles. The van der Waals surface area contributed by atoms with Gasteiger partial charge in [-0.2, -0.15) is 0 Å². The van der Waals surface area contributed by atoms with E-state index in [1.54, 1.807) is 0 Å². The van der Waals surface area contributed by atoms with Crippen LogP contribution in [0.3, 0.4) is 0 Å². The molecule has 2 saturated heterocycles. The quantitative estimate of drug-likeness (QED) is 0.719. The van der Waals surface area contributed by atoms with E-state index in [0.717, 1.165) is 26.0 Å². The van der Waals surface area contributed by atoms with Gasteiger partial charge in [0.05, 0.1) is 12.7 Å². The summed E-state index contributed by atoms with van der Waals surface area (Å²) in [5, 5.41) is 0. The van der Waals surface area contributed by atoms with Crippen molar-refractivity contribution in [1.82, 2.24) is 4.90 Å². The molecule has 0 amide bonds. The molecule has 3 aliphatic rings. The van der Waals surface area contributed by atoms with Crippen molar-refractivity contribution in [3.05, 3.63) is 0 Å². The van der Waals surface area contributed by atoms with E-state index in [0.29, 0.717) is 6.10 Å². The summed E-state index contributed by atoms with van der Waals surface area (Å²) < 4.78 is 12.1. The fourth-order valence-electron chi connectivity index (χ4n) is 3.31. The van der Waals surface area contributed by atoms with Crippen molar-refractivity contribution in [2.45, 2.75) is 56.8 Å². The Balaban J connectivity index is 1.49. The van der Waals surface area contributed by atoms with Crippen molar-refractivity contribution in [2.24, 2.45) is 0 Å². The first kappa shape index (κ1) is 11.0. The minimum absolute atomic E-state index is 0.166. The monoisotopic (exact) mass is 225 g/mol. The molecule has 3 rings (SSSR count). The van der Waals surface area contributed by atoms with Gasteiger partial charge in [-0.05, 0) is 38.8 Å². The molecule has 1 aliphatic carbocycles. The third-order valence-electron chi connectivity index (χ3n) is 4.19. The fourth-order valence-corrected chi connectivity index (χ4v) is 3.31. The van der Waals surface area contributed by atoms with Crippen molar-refractivity contribution in [3.63, 3.8) is 0 Å². The summed E-state index contributed by atoms with van der Waals surface area (Å²) >= 11 is 0. The molecule has 0 bridgehead atoms. The van der Waals surface area contributed by atoms with E-state index in [-0.39, 0.29) is 5.79 Å². The van der Waals surface area contributed by atoms with E-state index in [4.69, 9.17) is 9.47 Å². The summed E-state index contributed by atoms with van der Waals surface area (Å²) in [4.78, 5) is 2.55. The van der Waals surface area contributed by atoms with Crippen molar-refractivity contribution < 1.29 is 9.47 Å². The van der Waals surface area contributed by atoms with Gasteiger partial charge in [-0.3, -0.25) is 0 Å². The Morgan fingerprint density at radius 3 is 2.50 bits per heavy atom. The molecular formula is C13H23NO2. The van der Waals surface area contributed by atoms with Gasteiger partial charge in [0.2, 0.25) is 0 Å². The van der Waals surface area contributed by atoms with Gasteiger partial charge in [0.1, 0.15) is 0 Å². The molecular weight excluding hydrogens is 202 g/mol. The van der Waals surface area contributed by atoms with Gasteiger partial charge < -0.3 is 14.4 Å². The number of piperidine rings is 1. The van der Waals surface area contributed by atoms with Gasteiger partial charge in [-0.15, -0.1) is 0 Å². The average Bonchev–Trinajstić information content (AvgIpc) is 2.92. The second-order valence-corrected chi connectivity index (χ2v) is 5.53. The lowest BCUT2D eigenvalue weighted by molar-refractivity contribution is -0.163. The minimum atomic E-state index is -0.166. The summed E-state index contributed by atoms with van der Waals surface area (Å²) in [5.74, 6) is -0.166. The van der Waals surface area contributed by atoms with Crippen LogP contribution in [0.25, 0.3) is 0 Å². The lowest BCUT2D eigenvalue weighted by Crippen LogP contribution is -2.38. The third-order valence-corrected chi connectivity index (χ3v) is 4.19. The normalized spacial score (nSPS) is 34.9. The molecule has 1 unspecified atom stereocenters. The number of hydrogen-bond donors (Lipinski definition) is 0. The zero-order chi connectivity index (χ0) is 10.8. The third kappa shape index (κ3) is 2.27. The van der Waals surface area contributed by atoms with Crippen LogP contribution in [-0.4, -0.2) is 43.0 Å². The van der Waals surface area contributed by atoms with Crippen LogP contribution < -0.4 is 0 Å². The predicted molar refractivity (Wildman–Crippen MR) is 62.3 cm³/mol. The van der Waals surface area contributed by atoms with Crippen LogP contribution in [0.4, 0.5) is 0 Å². The first-order chi connectivity index (χ1) is 7.86. The smallest absolute Gasteiger partial charge is 0.168 e. The van der Waals surface area contributed by atoms with Gasteiger partial charge in [0.25, 0.3) is 0 Å². The first-order valence-electron chi connectivity index (χ1n) is 6.90. The Bertz CT molecular complexity index is 232. The lowest BCUT2D eigenvalue weighted by Gasteiger charge is -2.29. The first-order valence-corrected chi connectivity index (χ1v) is 6.90. The van der Waals surface area contributed by atoms with E-state index < -0.39 is 0 Å². The number of ether oxygens (including phenoxy) is 2. The highest BCUT2D eigenvalue weighted by molar-refractivity contribution is 4.85. The molecule has 1 spiro atoms. The van der Waals surface area contributed by atoms with Gasteiger partial charge in [-0.1, -0.05) is 6.42 Å². The summed E-state index contributed by atoms with van der Waals surface area (Å²) in [6, 6.07) is 0. The Morgan fingerprint density at radius 2 is 1.75 bits per heavy atom. The molecule has 2 aliphatic heterocycles. The second kappa shape index (κ2) is 4.63. The van der Waals surface area contributed by atoms with Crippen LogP contribution in [0.2, 0.25) is 0 Å². The summed E-state index contributed by atoms with van der Waals surface area (Å²) in [6.45, 7) is 4.41. The highest BCUT2D eigenvalue weighted by atomic mass is 16.7. The summed E-state index contributed by atoms with van der Waals surface area (Å²) in [7, 11) is 0. The topological polar surface area (TPSA) is 21.7 Å². The Kier molecular flexibility index (Phi) is 3.18. The van der Waals surface area contributed by atoms with Crippen LogP contribution in [0.1, 0.15) is 44.9 Å². The number of hydrogen-bond acceptors (Lipinski definition) is 3. The summed E-state index contributed by atoms with van der Waals surface area (Å²) in [5.41, 5.74) is 0. The van der Waals surface area contributed by atoms with E-state index in [2.05, 4.69) is 4.90 Å². The molecule has 0 radical (unpaired) electrons. The minimum Gasteiger partial charge on any atom is -0.347 e. The van der Waals surface area contributed by atoms with Crippen LogP contribution >= 0.6 is 0 Å². The summed E-state index contributed by atoms with van der Waals surface area (Å²) in [6.07, 6.45) is 9.23. The van der Waals surface area contributed by atoms with Crippen molar-refractivity contribution in [1.29, 1.82) is 0 Å². The van der Waals surface area contributed by atoms with E-state index in [9.17, 15) is 0 Å². The average molecular weight is 225 g/mol. The number of likely N-dealkylation sites (tertiary alicyclic amines) is 1. The SMILES string of the molecule is C1CCN(CC2COC3(CCCC3)O2)CC1. The van der Waals surface area contributed by atoms with Crippen LogP contribution in [-0.2, 0) is 9.47 Å². The second-order valence-electron chi connectivity index (χ2n) is 5.53. The van der Waals surface area contributed by atoms with Crippen molar-refractivity contribution >= 4 is 0 Å². The molecule has 0 aromatic carbocycles. The van der Waals surface area contributed by atoms with Gasteiger partial charge in [0.15, 0.2) is 5.79 Å². The number of rotatable bonds is 2. The highest BCUT2D eigenvalue weighted by Crippen LogP contribution is 2.39. The molecule has 1 atom stereocenters. The Morgan fingerprint density at radius 1 is 1.00 bits per heavy atom. The molecule has 16 heavy (non-hydrogen) atoms. The molecule has 2 heterocycles. The van der Waals surface area contributed by atoms with Crippen LogP contribution in [0, 0.1) is 0 Å². The zero-order valence-corrected chi connectivity index (χ0v) is 10.1. The number of nitrogens with zero attached hydrogens (tertiary/aromatic N) is 1. The van der Waals surface area contributed by atoms with Crippen LogP contribution in [0.15, 0.2) is 0 Å². The maximum absolute atomic E-state index is 6.15. The van der Waals surface area contributed by atoms with Gasteiger partial charge in [-0.25, -0.2) is 0 Å². The molecule has 3 nitrogen and oxygen atoms in total. The molecule has 0 aromatic heterocycles. The van der Waals surface area contributed by atoms with E-state index >= 15 is 0 Å². The van der Waals surface area contributed by atoms with Crippen molar-refractivity contribution in [3.8, 4) is 0 Å². The molecule has 92 valence electrons.